The number of ether oxygens (including phenoxy) is 1. The van der Waals surface area contributed by atoms with Gasteiger partial charge in [-0.3, -0.25) is 0 Å². The van der Waals surface area contributed by atoms with E-state index < -0.39 is 40.4 Å². The summed E-state index contributed by atoms with van der Waals surface area (Å²) < 4.78 is 105. The van der Waals surface area contributed by atoms with Gasteiger partial charge in [-0.1, -0.05) is 24.0 Å². The van der Waals surface area contributed by atoms with Crippen LogP contribution in [0, 0.1) is 11.8 Å². The van der Waals surface area contributed by atoms with Gasteiger partial charge in [0, 0.05) is 5.56 Å². The molecule has 0 saturated carbocycles. The maximum Gasteiger partial charge on any atom is 0.573 e. The average molecular weight is 423 g/mol. The maximum atomic E-state index is 12.8. The van der Waals surface area contributed by atoms with E-state index in [0.29, 0.717) is 0 Å². The zero-order valence-corrected chi connectivity index (χ0v) is 14.5. The zero-order chi connectivity index (χ0) is 21.0. The van der Waals surface area contributed by atoms with Crippen LogP contribution < -0.4 is 9.46 Å². The SMILES string of the molecule is O=S(=O)(NCC#Cc1ccccc1C(F)(F)F)c1ccc(OC(F)(F)F)cc1. The van der Waals surface area contributed by atoms with E-state index in [1.54, 1.807) is 0 Å². The summed E-state index contributed by atoms with van der Waals surface area (Å²) in [6.07, 6.45) is -9.52. The number of hydrogen-bond donors (Lipinski definition) is 1. The lowest BCUT2D eigenvalue weighted by molar-refractivity contribution is -0.274. The minimum Gasteiger partial charge on any atom is -0.406 e. The lowest BCUT2D eigenvalue weighted by atomic mass is 10.1. The molecule has 0 heterocycles. The van der Waals surface area contributed by atoms with Crippen molar-refractivity contribution in [3.8, 4) is 17.6 Å². The zero-order valence-electron chi connectivity index (χ0n) is 13.7. The van der Waals surface area contributed by atoms with Crippen molar-refractivity contribution in [2.24, 2.45) is 0 Å². The Morgan fingerprint density at radius 1 is 0.929 bits per heavy atom. The summed E-state index contributed by atoms with van der Waals surface area (Å²) in [4.78, 5) is -0.362. The number of hydrogen-bond acceptors (Lipinski definition) is 3. The first-order valence-corrected chi connectivity index (χ1v) is 8.87. The van der Waals surface area contributed by atoms with Gasteiger partial charge < -0.3 is 4.74 Å². The lowest BCUT2D eigenvalue weighted by Crippen LogP contribution is -2.24. The molecule has 0 unspecified atom stereocenters. The fourth-order valence-electron chi connectivity index (χ4n) is 2.01. The van der Waals surface area contributed by atoms with Gasteiger partial charge in [-0.25, -0.2) is 8.42 Å². The van der Waals surface area contributed by atoms with E-state index in [-0.39, 0.29) is 10.5 Å². The smallest absolute Gasteiger partial charge is 0.406 e. The summed E-state index contributed by atoms with van der Waals surface area (Å²) in [6, 6.07) is 7.94. The molecule has 0 aliphatic carbocycles. The summed E-state index contributed by atoms with van der Waals surface area (Å²) in [7, 11) is -4.13. The van der Waals surface area contributed by atoms with Crippen LogP contribution in [0.3, 0.4) is 0 Å². The molecule has 11 heteroatoms. The Kier molecular flexibility index (Phi) is 6.26. The van der Waals surface area contributed by atoms with Crippen molar-refractivity contribution in [1.82, 2.24) is 4.72 Å². The highest BCUT2D eigenvalue weighted by Crippen LogP contribution is 2.31. The van der Waals surface area contributed by atoms with Crippen LogP contribution in [0.5, 0.6) is 5.75 Å². The minimum absolute atomic E-state index is 0.317. The number of alkyl halides is 6. The van der Waals surface area contributed by atoms with Crippen LogP contribution >= 0.6 is 0 Å². The van der Waals surface area contributed by atoms with E-state index in [9.17, 15) is 34.8 Å². The highest BCUT2D eigenvalue weighted by Gasteiger charge is 2.32. The quantitative estimate of drug-likeness (QED) is 0.599. The summed E-state index contributed by atoms with van der Waals surface area (Å²) >= 11 is 0. The van der Waals surface area contributed by atoms with Gasteiger partial charge in [0.15, 0.2) is 0 Å². The Hall–Kier alpha value is -2.71. The maximum absolute atomic E-state index is 12.8. The second kappa shape index (κ2) is 8.12. The minimum atomic E-state index is -4.92. The van der Waals surface area contributed by atoms with Crippen LogP contribution in [-0.2, 0) is 16.2 Å². The Balaban J connectivity index is 2.07. The Bertz CT molecular complexity index is 987. The molecule has 2 aromatic rings. The number of benzene rings is 2. The first kappa shape index (κ1) is 21.6. The van der Waals surface area contributed by atoms with Crippen molar-refractivity contribution >= 4 is 10.0 Å². The largest absolute Gasteiger partial charge is 0.573 e. The molecule has 0 aromatic heterocycles. The van der Waals surface area contributed by atoms with Crippen molar-refractivity contribution in [2.75, 3.05) is 6.54 Å². The van der Waals surface area contributed by atoms with Crippen LogP contribution in [0.2, 0.25) is 0 Å². The highest BCUT2D eigenvalue weighted by molar-refractivity contribution is 7.89. The molecule has 4 nitrogen and oxygen atoms in total. The summed E-state index contributed by atoms with van der Waals surface area (Å²) in [6.45, 7) is -0.505. The average Bonchev–Trinajstić information content (AvgIpc) is 2.57. The Labute approximate surface area is 156 Å². The topological polar surface area (TPSA) is 55.4 Å². The Morgan fingerprint density at radius 2 is 1.54 bits per heavy atom. The van der Waals surface area contributed by atoms with Gasteiger partial charge >= 0.3 is 12.5 Å². The third kappa shape index (κ3) is 6.17. The number of rotatable bonds is 4. The number of halogens is 6. The molecule has 0 aliphatic heterocycles. The summed E-state index contributed by atoms with van der Waals surface area (Å²) in [5, 5.41) is 0. The van der Waals surface area contributed by atoms with Crippen molar-refractivity contribution in [3.05, 3.63) is 59.7 Å². The van der Waals surface area contributed by atoms with Crippen LogP contribution in [0.25, 0.3) is 0 Å². The van der Waals surface area contributed by atoms with Gasteiger partial charge in [0.2, 0.25) is 10.0 Å². The van der Waals surface area contributed by atoms with Gasteiger partial charge in [0.25, 0.3) is 0 Å². The normalized spacial score (nSPS) is 12.2. The van der Waals surface area contributed by atoms with E-state index in [1.165, 1.54) is 12.1 Å². The van der Waals surface area contributed by atoms with E-state index >= 15 is 0 Å². The van der Waals surface area contributed by atoms with Crippen molar-refractivity contribution in [3.63, 3.8) is 0 Å². The van der Waals surface area contributed by atoms with E-state index in [2.05, 4.69) is 16.6 Å². The van der Waals surface area contributed by atoms with Gasteiger partial charge in [-0.05, 0) is 36.4 Å². The van der Waals surface area contributed by atoms with Gasteiger partial charge in [0.05, 0.1) is 17.0 Å². The molecular weight excluding hydrogens is 412 g/mol. The van der Waals surface area contributed by atoms with Crippen LogP contribution in [-0.4, -0.2) is 21.3 Å². The highest BCUT2D eigenvalue weighted by atomic mass is 32.2. The number of nitrogens with one attached hydrogen (secondary N) is 1. The van der Waals surface area contributed by atoms with Crippen LogP contribution in [0.4, 0.5) is 26.3 Å². The van der Waals surface area contributed by atoms with Crippen LogP contribution in [0.1, 0.15) is 11.1 Å². The van der Waals surface area contributed by atoms with E-state index in [4.69, 9.17) is 0 Å². The second-order valence-electron chi connectivity index (χ2n) is 5.19. The molecule has 2 aromatic carbocycles. The molecule has 150 valence electrons. The Morgan fingerprint density at radius 3 is 2.11 bits per heavy atom. The summed E-state index contributed by atoms with van der Waals surface area (Å²) in [5.41, 5.74) is -1.27. The van der Waals surface area contributed by atoms with Crippen molar-refractivity contribution < 1.29 is 39.5 Å². The van der Waals surface area contributed by atoms with E-state index in [0.717, 1.165) is 36.4 Å². The van der Waals surface area contributed by atoms with Gasteiger partial charge in [-0.15, -0.1) is 13.2 Å². The molecule has 0 radical (unpaired) electrons. The number of sulfonamides is 1. The molecule has 28 heavy (non-hydrogen) atoms. The third-order valence-electron chi connectivity index (χ3n) is 3.17. The van der Waals surface area contributed by atoms with E-state index in [1.807, 2.05) is 4.72 Å². The molecule has 0 amide bonds. The predicted molar refractivity (Wildman–Crippen MR) is 86.6 cm³/mol. The molecule has 0 fully saturated rings. The lowest BCUT2D eigenvalue weighted by Gasteiger charge is -2.09. The first-order valence-electron chi connectivity index (χ1n) is 7.39. The van der Waals surface area contributed by atoms with Crippen LogP contribution in [0.15, 0.2) is 53.4 Å². The third-order valence-corrected chi connectivity index (χ3v) is 4.59. The molecule has 2 rings (SSSR count). The molecular formula is C17H11F6NO3S. The molecule has 0 atom stereocenters. The molecule has 1 N–H and O–H groups in total. The van der Waals surface area contributed by atoms with Crippen molar-refractivity contribution in [1.29, 1.82) is 0 Å². The van der Waals surface area contributed by atoms with Gasteiger partial charge in [-0.2, -0.15) is 17.9 Å². The fraction of sp³-hybridized carbons (Fsp3) is 0.176. The fourth-order valence-corrected chi connectivity index (χ4v) is 2.94. The first-order chi connectivity index (χ1) is 12.9. The molecule has 0 aliphatic rings. The van der Waals surface area contributed by atoms with Crippen molar-refractivity contribution in [2.45, 2.75) is 17.4 Å². The molecule has 0 spiro atoms. The standard InChI is InChI=1S/C17H11F6NO3S/c18-16(19,20)15-6-2-1-4-12(15)5-3-11-24-28(25,26)14-9-7-13(8-10-14)27-17(21,22)23/h1-2,4,6-10,24H,11H2. The second-order valence-corrected chi connectivity index (χ2v) is 6.96. The summed E-state index contributed by atoms with van der Waals surface area (Å²) in [5.74, 6) is 3.90. The monoisotopic (exact) mass is 423 g/mol. The van der Waals surface area contributed by atoms with Gasteiger partial charge in [0.1, 0.15) is 5.75 Å². The molecule has 0 bridgehead atoms. The predicted octanol–water partition coefficient (Wildman–Crippen LogP) is 3.93. The molecule has 0 saturated heterocycles.